The summed E-state index contributed by atoms with van der Waals surface area (Å²) in [5.74, 6) is 0. The largest absolute Gasteiger partial charge is 0.444 e. The van der Waals surface area contributed by atoms with Crippen molar-refractivity contribution < 1.29 is 9.53 Å². The molecule has 0 radical (unpaired) electrons. The van der Waals surface area contributed by atoms with Crippen LogP contribution in [0.5, 0.6) is 0 Å². The fourth-order valence-electron chi connectivity index (χ4n) is 2.31. The van der Waals surface area contributed by atoms with Gasteiger partial charge < -0.3 is 9.72 Å². The first kappa shape index (κ1) is 16.4. The van der Waals surface area contributed by atoms with Crippen LogP contribution in [0.4, 0.5) is 10.5 Å². The quantitative estimate of drug-likeness (QED) is 0.664. The summed E-state index contributed by atoms with van der Waals surface area (Å²) in [5.41, 5.74) is 2.49. The second kappa shape index (κ2) is 6.24. The Labute approximate surface area is 147 Å². The number of benzene rings is 1. The highest BCUT2D eigenvalue weighted by Crippen LogP contribution is 2.32. The SMILES string of the molecule is CC(C)(C)OC(=O)Nc1cccc(-c2ncnc3[nH]cc(Br)c23)c1. The standard InChI is InChI=1S/C17H17BrN4O2/c1-17(2,3)24-16(23)22-11-6-4-5-10(7-11)14-13-12(18)8-19-15(13)21-9-20-14/h4-9H,1-3H3,(H,22,23)(H,19,20,21). The highest BCUT2D eigenvalue weighted by molar-refractivity contribution is 9.10. The second-order valence-corrected chi connectivity index (χ2v) is 7.14. The van der Waals surface area contributed by atoms with Crippen molar-refractivity contribution in [2.75, 3.05) is 5.32 Å². The van der Waals surface area contributed by atoms with Gasteiger partial charge in [0.15, 0.2) is 0 Å². The third kappa shape index (κ3) is 3.56. The molecule has 0 saturated carbocycles. The molecule has 0 saturated heterocycles. The molecule has 3 aromatic rings. The molecule has 6 nitrogen and oxygen atoms in total. The second-order valence-electron chi connectivity index (χ2n) is 6.29. The third-order valence-electron chi connectivity index (χ3n) is 3.20. The van der Waals surface area contributed by atoms with Gasteiger partial charge in [-0.2, -0.15) is 0 Å². The van der Waals surface area contributed by atoms with Gasteiger partial charge in [0, 0.05) is 21.9 Å². The molecule has 7 heteroatoms. The van der Waals surface area contributed by atoms with Crippen LogP contribution in [-0.4, -0.2) is 26.6 Å². The summed E-state index contributed by atoms with van der Waals surface area (Å²) in [4.78, 5) is 23.6. The van der Waals surface area contributed by atoms with Crippen molar-refractivity contribution in [1.29, 1.82) is 0 Å². The van der Waals surface area contributed by atoms with Gasteiger partial charge in [-0.25, -0.2) is 14.8 Å². The van der Waals surface area contributed by atoms with E-state index >= 15 is 0 Å². The van der Waals surface area contributed by atoms with Gasteiger partial charge in [0.05, 0.1) is 11.1 Å². The molecule has 2 N–H and O–H groups in total. The van der Waals surface area contributed by atoms with E-state index in [0.29, 0.717) is 5.69 Å². The van der Waals surface area contributed by atoms with Crippen molar-refractivity contribution in [2.24, 2.45) is 0 Å². The zero-order valence-corrected chi connectivity index (χ0v) is 15.1. The van der Waals surface area contributed by atoms with Gasteiger partial charge in [0.25, 0.3) is 0 Å². The zero-order chi connectivity index (χ0) is 17.3. The number of hydrogen-bond donors (Lipinski definition) is 2. The highest BCUT2D eigenvalue weighted by Gasteiger charge is 2.17. The van der Waals surface area contributed by atoms with E-state index in [1.807, 2.05) is 45.2 Å². The lowest BCUT2D eigenvalue weighted by Crippen LogP contribution is -2.27. The van der Waals surface area contributed by atoms with Crippen molar-refractivity contribution >= 4 is 38.7 Å². The topological polar surface area (TPSA) is 79.9 Å². The molecule has 24 heavy (non-hydrogen) atoms. The molecule has 3 rings (SSSR count). The Morgan fingerprint density at radius 1 is 1.29 bits per heavy atom. The monoisotopic (exact) mass is 388 g/mol. The fraction of sp³-hybridized carbons (Fsp3) is 0.235. The maximum absolute atomic E-state index is 11.9. The average Bonchev–Trinajstić information content (AvgIpc) is 2.87. The molecular weight excluding hydrogens is 372 g/mol. The first-order chi connectivity index (χ1) is 11.3. The van der Waals surface area contributed by atoms with Crippen LogP contribution in [0, 0.1) is 0 Å². The molecule has 2 heterocycles. The van der Waals surface area contributed by atoms with E-state index in [1.54, 1.807) is 6.07 Å². The molecule has 0 aliphatic heterocycles. The minimum atomic E-state index is -0.545. The van der Waals surface area contributed by atoms with Crippen LogP contribution in [0.2, 0.25) is 0 Å². The molecule has 124 valence electrons. The van der Waals surface area contributed by atoms with E-state index in [9.17, 15) is 4.79 Å². The predicted molar refractivity (Wildman–Crippen MR) is 96.9 cm³/mol. The Bertz CT molecular complexity index is 899. The number of halogens is 1. The lowest BCUT2D eigenvalue weighted by Gasteiger charge is -2.19. The van der Waals surface area contributed by atoms with Gasteiger partial charge in [0.1, 0.15) is 17.6 Å². The van der Waals surface area contributed by atoms with E-state index < -0.39 is 11.7 Å². The van der Waals surface area contributed by atoms with Gasteiger partial charge in [0.2, 0.25) is 0 Å². The molecule has 2 aromatic heterocycles. The molecule has 0 unspecified atom stereocenters. The minimum absolute atomic E-state index is 0.490. The summed E-state index contributed by atoms with van der Waals surface area (Å²) < 4.78 is 6.16. The Morgan fingerprint density at radius 3 is 2.83 bits per heavy atom. The summed E-state index contributed by atoms with van der Waals surface area (Å²) in [7, 11) is 0. The number of aromatic nitrogens is 3. The van der Waals surface area contributed by atoms with E-state index in [-0.39, 0.29) is 0 Å². The van der Waals surface area contributed by atoms with E-state index in [0.717, 1.165) is 26.8 Å². The van der Waals surface area contributed by atoms with Gasteiger partial charge in [-0.15, -0.1) is 0 Å². The number of nitrogens with one attached hydrogen (secondary N) is 2. The lowest BCUT2D eigenvalue weighted by molar-refractivity contribution is 0.0636. The van der Waals surface area contributed by atoms with Crippen molar-refractivity contribution in [3.05, 3.63) is 41.3 Å². The van der Waals surface area contributed by atoms with E-state index in [1.165, 1.54) is 6.33 Å². The molecule has 0 aliphatic rings. The number of hydrogen-bond acceptors (Lipinski definition) is 4. The van der Waals surface area contributed by atoms with Crippen LogP contribution < -0.4 is 5.32 Å². The number of fused-ring (bicyclic) bond motifs is 1. The van der Waals surface area contributed by atoms with Crippen LogP contribution in [0.1, 0.15) is 20.8 Å². The van der Waals surface area contributed by atoms with Gasteiger partial charge in [-0.05, 0) is 48.8 Å². The Morgan fingerprint density at radius 2 is 2.08 bits per heavy atom. The fourth-order valence-corrected chi connectivity index (χ4v) is 2.80. The highest BCUT2D eigenvalue weighted by atomic mass is 79.9. The summed E-state index contributed by atoms with van der Waals surface area (Å²) in [6.45, 7) is 5.47. The van der Waals surface area contributed by atoms with Crippen molar-refractivity contribution in [2.45, 2.75) is 26.4 Å². The molecule has 0 aliphatic carbocycles. The summed E-state index contributed by atoms with van der Waals surface area (Å²) in [6, 6.07) is 7.45. The number of H-pyrrole nitrogens is 1. The maximum Gasteiger partial charge on any atom is 0.412 e. The Balaban J connectivity index is 1.93. The number of carbonyl (C=O) groups excluding carboxylic acids is 1. The smallest absolute Gasteiger partial charge is 0.412 e. The molecule has 0 spiro atoms. The van der Waals surface area contributed by atoms with Crippen LogP contribution >= 0.6 is 15.9 Å². The van der Waals surface area contributed by atoms with E-state index in [2.05, 4.69) is 36.2 Å². The van der Waals surface area contributed by atoms with Crippen LogP contribution in [0.3, 0.4) is 0 Å². The average molecular weight is 389 g/mol. The first-order valence-electron chi connectivity index (χ1n) is 7.41. The van der Waals surface area contributed by atoms with Crippen molar-refractivity contribution in [3.63, 3.8) is 0 Å². The number of amides is 1. The minimum Gasteiger partial charge on any atom is -0.444 e. The van der Waals surface area contributed by atoms with E-state index in [4.69, 9.17) is 4.74 Å². The first-order valence-corrected chi connectivity index (χ1v) is 8.21. The van der Waals surface area contributed by atoms with Gasteiger partial charge in [-0.1, -0.05) is 12.1 Å². The molecular formula is C17H17BrN4O2. The third-order valence-corrected chi connectivity index (χ3v) is 3.83. The van der Waals surface area contributed by atoms with Crippen LogP contribution in [-0.2, 0) is 4.74 Å². The lowest BCUT2D eigenvalue weighted by atomic mass is 10.1. The predicted octanol–water partition coefficient (Wildman–Crippen LogP) is 4.73. The summed E-state index contributed by atoms with van der Waals surface area (Å²) in [5, 5.41) is 3.64. The number of rotatable bonds is 2. The number of ether oxygens (including phenoxy) is 1. The number of carbonyl (C=O) groups is 1. The van der Waals surface area contributed by atoms with Gasteiger partial charge >= 0.3 is 6.09 Å². The van der Waals surface area contributed by atoms with Crippen LogP contribution in [0.25, 0.3) is 22.3 Å². The number of anilines is 1. The molecule has 0 fully saturated rings. The normalized spacial score (nSPS) is 11.5. The molecule has 1 amide bonds. The molecule has 0 bridgehead atoms. The van der Waals surface area contributed by atoms with Crippen molar-refractivity contribution in [3.8, 4) is 11.3 Å². The van der Waals surface area contributed by atoms with Crippen molar-refractivity contribution in [1.82, 2.24) is 15.0 Å². The molecule has 1 aromatic carbocycles. The summed E-state index contributed by atoms with van der Waals surface area (Å²) >= 11 is 3.51. The van der Waals surface area contributed by atoms with Crippen LogP contribution in [0.15, 0.2) is 41.3 Å². The van der Waals surface area contributed by atoms with Gasteiger partial charge in [-0.3, -0.25) is 5.32 Å². The number of aromatic amines is 1. The summed E-state index contributed by atoms with van der Waals surface area (Å²) in [6.07, 6.45) is 2.84. The molecule has 0 atom stereocenters. The number of nitrogens with zero attached hydrogens (tertiary/aromatic N) is 2. The maximum atomic E-state index is 11.9. The Hall–Kier alpha value is -2.41. The Kier molecular flexibility index (Phi) is 4.28. The zero-order valence-electron chi connectivity index (χ0n) is 13.6.